The first-order chi connectivity index (χ1) is 18.9. The summed E-state index contributed by atoms with van der Waals surface area (Å²) in [6.45, 7) is 4.20. The fourth-order valence-corrected chi connectivity index (χ4v) is 4.41. The monoisotopic (exact) mass is 525 g/mol. The van der Waals surface area contributed by atoms with Crippen LogP contribution in [0.1, 0.15) is 31.8 Å². The molecular weight excluding hydrogens is 498 g/mol. The number of nitrogens with one attached hydrogen (secondary N) is 4. The Bertz CT molecular complexity index is 1620. The lowest BCUT2D eigenvalue weighted by Gasteiger charge is -2.31. The minimum Gasteiger partial charge on any atom is -0.395 e. The van der Waals surface area contributed by atoms with Gasteiger partial charge in [0.2, 0.25) is 0 Å². The van der Waals surface area contributed by atoms with Crippen molar-refractivity contribution in [2.75, 3.05) is 35.4 Å². The predicted molar refractivity (Wildman–Crippen MR) is 148 cm³/mol. The van der Waals surface area contributed by atoms with Crippen molar-refractivity contribution >= 4 is 34.7 Å². The highest BCUT2D eigenvalue weighted by Gasteiger charge is 2.27. The summed E-state index contributed by atoms with van der Waals surface area (Å²) in [5, 5.41) is 24.5. The lowest BCUT2D eigenvalue weighted by Crippen LogP contribution is -2.40. The van der Waals surface area contributed by atoms with Gasteiger partial charge in [-0.2, -0.15) is 5.10 Å². The van der Waals surface area contributed by atoms with Gasteiger partial charge in [0, 0.05) is 29.7 Å². The number of aromatic nitrogens is 3. The van der Waals surface area contributed by atoms with Gasteiger partial charge < -0.3 is 21.1 Å². The number of benzene rings is 2. The number of aliphatic hydroxyl groups excluding tert-OH is 1. The highest BCUT2D eigenvalue weighted by Crippen LogP contribution is 2.33. The van der Waals surface area contributed by atoms with Gasteiger partial charge in [-0.3, -0.25) is 19.3 Å². The third-order valence-electron chi connectivity index (χ3n) is 6.44. The molecule has 1 aliphatic heterocycles. The molecule has 3 heterocycles. The van der Waals surface area contributed by atoms with Crippen molar-refractivity contribution in [3.8, 4) is 11.3 Å². The number of rotatable bonds is 7. The zero-order valence-corrected chi connectivity index (χ0v) is 21.4. The van der Waals surface area contributed by atoms with Crippen LogP contribution in [0.4, 0.5) is 22.9 Å². The van der Waals surface area contributed by atoms with Crippen LogP contribution in [0, 0.1) is 13.8 Å². The van der Waals surface area contributed by atoms with Crippen molar-refractivity contribution in [1.82, 2.24) is 20.5 Å². The summed E-state index contributed by atoms with van der Waals surface area (Å²) in [6, 6.07) is 16.1. The van der Waals surface area contributed by atoms with E-state index in [-0.39, 0.29) is 30.7 Å². The number of pyridine rings is 1. The average molecular weight is 526 g/mol. The summed E-state index contributed by atoms with van der Waals surface area (Å²) in [7, 11) is 0. The molecule has 0 unspecified atom stereocenters. The van der Waals surface area contributed by atoms with E-state index in [9.17, 15) is 14.4 Å². The number of carbonyl (C=O) groups is 2. The van der Waals surface area contributed by atoms with Crippen LogP contribution in [0.15, 0.2) is 65.6 Å². The van der Waals surface area contributed by atoms with Crippen LogP contribution >= 0.6 is 0 Å². The Labute approximate surface area is 223 Å². The van der Waals surface area contributed by atoms with Gasteiger partial charge in [-0.05, 0) is 61.4 Å². The molecular formula is C28H27N7O4. The van der Waals surface area contributed by atoms with Crippen LogP contribution in [0.3, 0.4) is 0 Å². The summed E-state index contributed by atoms with van der Waals surface area (Å²) >= 11 is 0. The Hall–Kier alpha value is -5.03. The molecule has 2 aromatic carbocycles. The molecule has 5 N–H and O–H groups in total. The normalized spacial score (nSPS) is 12.5. The van der Waals surface area contributed by atoms with E-state index in [1.165, 1.54) is 6.20 Å². The maximum atomic E-state index is 13.3. The molecule has 39 heavy (non-hydrogen) atoms. The number of H-pyrrole nitrogens is 1. The van der Waals surface area contributed by atoms with Crippen molar-refractivity contribution < 1.29 is 14.7 Å². The average Bonchev–Trinajstić information content (AvgIpc) is 2.94. The number of hydrogen-bond acceptors (Lipinski definition) is 8. The van der Waals surface area contributed by atoms with E-state index >= 15 is 0 Å². The van der Waals surface area contributed by atoms with E-state index in [1.54, 1.807) is 23.1 Å². The quantitative estimate of drug-likeness (QED) is 0.247. The lowest BCUT2D eigenvalue weighted by molar-refractivity contribution is 0.0943. The smallest absolute Gasteiger partial charge is 0.287 e. The molecule has 0 saturated heterocycles. The highest BCUT2D eigenvalue weighted by molar-refractivity contribution is 6.12. The molecule has 0 bridgehead atoms. The van der Waals surface area contributed by atoms with E-state index in [2.05, 4.69) is 31.1 Å². The zero-order valence-electron chi connectivity index (χ0n) is 21.4. The molecule has 198 valence electrons. The second-order valence-corrected chi connectivity index (χ2v) is 9.10. The number of hydrogen-bond donors (Lipinski definition) is 5. The van der Waals surface area contributed by atoms with E-state index < -0.39 is 5.56 Å². The summed E-state index contributed by atoms with van der Waals surface area (Å²) in [6.07, 6.45) is 1.38. The summed E-state index contributed by atoms with van der Waals surface area (Å²) in [4.78, 5) is 43.8. The second kappa shape index (κ2) is 10.8. The van der Waals surface area contributed by atoms with Crippen molar-refractivity contribution in [2.45, 2.75) is 13.8 Å². The Morgan fingerprint density at radius 2 is 1.92 bits per heavy atom. The van der Waals surface area contributed by atoms with Crippen LogP contribution < -0.4 is 26.4 Å². The first kappa shape index (κ1) is 25.6. The van der Waals surface area contributed by atoms with Gasteiger partial charge in [0.1, 0.15) is 11.5 Å². The van der Waals surface area contributed by atoms with E-state index in [4.69, 9.17) is 5.11 Å². The van der Waals surface area contributed by atoms with E-state index in [0.29, 0.717) is 29.3 Å². The molecule has 11 nitrogen and oxygen atoms in total. The third-order valence-corrected chi connectivity index (χ3v) is 6.44. The summed E-state index contributed by atoms with van der Waals surface area (Å²) in [5.74, 6) is -0.0930. The van der Waals surface area contributed by atoms with Gasteiger partial charge in [-0.1, -0.05) is 18.2 Å². The molecule has 0 spiro atoms. The molecule has 2 aromatic heterocycles. The van der Waals surface area contributed by atoms with Gasteiger partial charge in [0.15, 0.2) is 0 Å². The van der Waals surface area contributed by atoms with Gasteiger partial charge in [-0.15, -0.1) is 0 Å². The van der Waals surface area contributed by atoms with E-state index in [1.807, 2.05) is 50.2 Å². The number of aliphatic hydroxyl groups is 1. The highest BCUT2D eigenvalue weighted by atomic mass is 16.3. The Morgan fingerprint density at radius 1 is 1.08 bits per heavy atom. The molecule has 2 amide bonds. The SMILES string of the molecule is Cc1ccc2c(c1)NCN(c1cccc(-c3cc(Nc4ccc(C(=O)NCCO)cn4)c(=O)[nH]n3)c1C)C2=O. The number of amides is 2. The fraction of sp³-hybridized carbons (Fsp3) is 0.179. The fourth-order valence-electron chi connectivity index (χ4n) is 4.41. The third kappa shape index (κ3) is 5.20. The Balaban J connectivity index is 1.41. The largest absolute Gasteiger partial charge is 0.395 e. The molecule has 0 fully saturated rings. The summed E-state index contributed by atoms with van der Waals surface area (Å²) < 4.78 is 0. The maximum Gasteiger partial charge on any atom is 0.287 e. The lowest BCUT2D eigenvalue weighted by atomic mass is 10.0. The number of nitrogens with zero attached hydrogens (tertiary/aromatic N) is 3. The van der Waals surface area contributed by atoms with Gasteiger partial charge in [-0.25, -0.2) is 10.1 Å². The van der Waals surface area contributed by atoms with Crippen LogP contribution in [0.2, 0.25) is 0 Å². The van der Waals surface area contributed by atoms with Gasteiger partial charge in [0.25, 0.3) is 17.4 Å². The number of aromatic amines is 1. The van der Waals surface area contributed by atoms with Crippen molar-refractivity contribution in [3.05, 3.63) is 93.4 Å². The Kier molecular flexibility index (Phi) is 7.06. The predicted octanol–water partition coefficient (Wildman–Crippen LogP) is 2.94. The van der Waals surface area contributed by atoms with Crippen LogP contribution in [0.5, 0.6) is 0 Å². The molecule has 1 aliphatic rings. The minimum absolute atomic E-state index is 0.0969. The van der Waals surface area contributed by atoms with Crippen molar-refractivity contribution in [1.29, 1.82) is 0 Å². The minimum atomic E-state index is -0.443. The molecule has 0 radical (unpaired) electrons. The molecule has 11 heteroatoms. The number of carbonyl (C=O) groups excluding carboxylic acids is 2. The van der Waals surface area contributed by atoms with E-state index in [0.717, 1.165) is 28.1 Å². The standard InChI is InChI=1S/C28H27N7O4/c1-16-6-8-20-21(12-16)31-15-35(28(20)39)24-5-3-4-19(17(24)2)22-13-23(27(38)34-33-22)32-25-9-7-18(14-30-25)26(37)29-10-11-36/h3-9,12-14,31,36H,10-11,15H2,1-2H3,(H,29,37)(H,34,38)(H,30,32,33). The van der Waals surface area contributed by atoms with Crippen LogP contribution in [0.25, 0.3) is 11.3 Å². The number of aryl methyl sites for hydroxylation is 1. The van der Waals surface area contributed by atoms with Crippen LogP contribution in [-0.4, -0.2) is 51.9 Å². The van der Waals surface area contributed by atoms with Gasteiger partial charge >= 0.3 is 0 Å². The molecule has 0 atom stereocenters. The van der Waals surface area contributed by atoms with Crippen LogP contribution in [-0.2, 0) is 0 Å². The number of fused-ring (bicyclic) bond motifs is 1. The first-order valence-corrected chi connectivity index (χ1v) is 12.3. The maximum absolute atomic E-state index is 13.3. The van der Waals surface area contributed by atoms with Crippen molar-refractivity contribution in [2.24, 2.45) is 0 Å². The topological polar surface area (TPSA) is 152 Å². The molecule has 0 saturated carbocycles. The molecule has 0 aliphatic carbocycles. The zero-order chi connectivity index (χ0) is 27.5. The Morgan fingerprint density at radius 3 is 2.69 bits per heavy atom. The summed E-state index contributed by atoms with van der Waals surface area (Å²) in [5.41, 5.74) is 5.40. The first-order valence-electron chi connectivity index (χ1n) is 12.3. The molecule has 4 aromatic rings. The van der Waals surface area contributed by atoms with Crippen molar-refractivity contribution in [3.63, 3.8) is 0 Å². The molecule has 5 rings (SSSR count). The number of anilines is 4. The van der Waals surface area contributed by atoms with Gasteiger partial charge in [0.05, 0.1) is 30.1 Å². The second-order valence-electron chi connectivity index (χ2n) is 9.10.